The highest BCUT2D eigenvalue weighted by atomic mass is 16.6. The van der Waals surface area contributed by atoms with E-state index in [-0.39, 0.29) is 30.3 Å². The van der Waals surface area contributed by atoms with Gasteiger partial charge in [0.15, 0.2) is 23.0 Å². The summed E-state index contributed by atoms with van der Waals surface area (Å²) in [6, 6.07) is 10.9. The third-order valence-electron chi connectivity index (χ3n) is 7.80. The van der Waals surface area contributed by atoms with Crippen LogP contribution in [0.3, 0.4) is 0 Å². The van der Waals surface area contributed by atoms with E-state index < -0.39 is 17.6 Å². The third-order valence-corrected chi connectivity index (χ3v) is 7.80. The molecule has 0 amide bonds. The molecule has 0 aliphatic carbocycles. The van der Waals surface area contributed by atoms with E-state index in [9.17, 15) is 15.4 Å². The Labute approximate surface area is 242 Å². The van der Waals surface area contributed by atoms with Gasteiger partial charge in [0.1, 0.15) is 12.7 Å². The van der Waals surface area contributed by atoms with Crippen molar-refractivity contribution in [2.24, 2.45) is 5.92 Å². The Morgan fingerprint density at radius 3 is 2.37 bits per heavy atom. The molecular weight excluding hydrogens is 528 g/mol. The Hall–Kier alpha value is -3.87. The molecule has 0 aromatic heterocycles. The summed E-state index contributed by atoms with van der Waals surface area (Å²) in [6.07, 6.45) is 1.60. The van der Waals surface area contributed by atoms with Gasteiger partial charge in [-0.1, -0.05) is 32.4 Å². The Balaban J connectivity index is 1.92. The monoisotopic (exact) mass is 570 g/mol. The largest absolute Gasteiger partial charge is 0.490 e. The van der Waals surface area contributed by atoms with Gasteiger partial charge in [-0.15, -0.1) is 0 Å². The highest BCUT2D eigenvalue weighted by Gasteiger charge is 2.43. The lowest BCUT2D eigenvalue weighted by Crippen LogP contribution is -2.36. The van der Waals surface area contributed by atoms with E-state index in [0.29, 0.717) is 72.5 Å². The van der Waals surface area contributed by atoms with Gasteiger partial charge in [0.2, 0.25) is 17.5 Å². The molecule has 0 N–H and O–H groups in total. The van der Waals surface area contributed by atoms with Crippen molar-refractivity contribution >= 4 is 0 Å². The first-order valence-electron chi connectivity index (χ1n) is 14.3. The van der Waals surface area contributed by atoms with E-state index in [1.165, 1.54) is 14.2 Å². The maximum Gasteiger partial charge on any atom is 0.216 e. The van der Waals surface area contributed by atoms with Gasteiger partial charge in [0.25, 0.3) is 0 Å². The minimum atomic E-state index is -1.02. The minimum absolute atomic E-state index is 0.0973. The van der Waals surface area contributed by atoms with Gasteiger partial charge < -0.3 is 28.4 Å². The lowest BCUT2D eigenvalue weighted by molar-refractivity contribution is -0.526. The Kier molecular flexibility index (Phi) is 11.3. The normalized spacial score (nSPS) is 17.0. The summed E-state index contributed by atoms with van der Waals surface area (Å²) >= 11 is 0. The SMILES string of the molecule is CCOc1cc(C(C#N)(CCCC(CC2COc3ccccc3O2)[N+](=O)[O-])C(C)CC)c(OCC)c(OC)c1OC. The van der Waals surface area contributed by atoms with Crippen molar-refractivity contribution in [2.45, 2.75) is 77.4 Å². The van der Waals surface area contributed by atoms with E-state index in [1.54, 1.807) is 12.1 Å². The van der Waals surface area contributed by atoms with E-state index in [0.717, 1.165) is 0 Å². The number of fused-ring (bicyclic) bond motifs is 1. The number of ether oxygens (including phenoxy) is 6. The Morgan fingerprint density at radius 1 is 1.10 bits per heavy atom. The molecule has 0 saturated heterocycles. The van der Waals surface area contributed by atoms with Crippen LogP contribution < -0.4 is 28.4 Å². The van der Waals surface area contributed by atoms with Crippen LogP contribution in [0.1, 0.15) is 65.4 Å². The van der Waals surface area contributed by atoms with Crippen LogP contribution in [0.15, 0.2) is 30.3 Å². The summed E-state index contributed by atoms with van der Waals surface area (Å²) in [6.45, 7) is 8.76. The van der Waals surface area contributed by atoms with Crippen molar-refractivity contribution in [1.82, 2.24) is 0 Å². The van der Waals surface area contributed by atoms with E-state index in [1.807, 2.05) is 45.9 Å². The van der Waals surface area contributed by atoms with Gasteiger partial charge in [-0.3, -0.25) is 10.1 Å². The smallest absolute Gasteiger partial charge is 0.216 e. The third kappa shape index (κ3) is 6.89. The summed E-state index contributed by atoms with van der Waals surface area (Å²) in [5, 5.41) is 22.9. The van der Waals surface area contributed by atoms with Crippen LogP contribution in [0.5, 0.6) is 34.5 Å². The summed E-state index contributed by atoms with van der Waals surface area (Å²) < 4.78 is 35.1. The van der Waals surface area contributed by atoms with Crippen LogP contribution in [0.25, 0.3) is 0 Å². The summed E-state index contributed by atoms with van der Waals surface area (Å²) in [7, 11) is 3.05. The number of rotatable bonds is 16. The number of nitriles is 1. The summed E-state index contributed by atoms with van der Waals surface area (Å²) in [4.78, 5) is 11.8. The molecule has 1 heterocycles. The first-order chi connectivity index (χ1) is 19.8. The van der Waals surface area contributed by atoms with Crippen LogP contribution >= 0.6 is 0 Å². The standard InChI is InChI=1S/C31H42N2O8/c1-7-21(4)31(20-32,24-18-27(38-8-2)29(36-5)30(37-6)28(24)39-9-3)16-12-13-22(33(34)35)17-23-19-40-25-14-10-11-15-26(25)41-23/h10-11,14-15,18,21-23H,7-9,12-13,16-17,19H2,1-6H3. The fourth-order valence-electron chi connectivity index (χ4n) is 5.49. The number of benzene rings is 2. The molecule has 4 unspecified atom stereocenters. The zero-order valence-corrected chi connectivity index (χ0v) is 24.9. The first kappa shape index (κ1) is 31.7. The first-order valence-corrected chi connectivity index (χ1v) is 14.3. The van der Waals surface area contributed by atoms with Gasteiger partial charge in [-0.05, 0) is 50.8 Å². The maximum absolute atomic E-state index is 12.1. The van der Waals surface area contributed by atoms with Crippen LogP contribution in [0, 0.1) is 27.4 Å². The highest BCUT2D eigenvalue weighted by Crippen LogP contribution is 2.53. The van der Waals surface area contributed by atoms with Crippen LogP contribution in [-0.2, 0) is 5.41 Å². The van der Waals surface area contributed by atoms with Crippen LogP contribution in [0.2, 0.25) is 0 Å². The van der Waals surface area contributed by atoms with Gasteiger partial charge >= 0.3 is 0 Å². The highest BCUT2D eigenvalue weighted by molar-refractivity contribution is 5.65. The zero-order valence-electron chi connectivity index (χ0n) is 24.9. The zero-order chi connectivity index (χ0) is 30.0. The molecule has 1 aliphatic heterocycles. The fraction of sp³-hybridized carbons (Fsp3) is 0.581. The molecule has 224 valence electrons. The maximum atomic E-state index is 12.1. The Bertz CT molecular complexity index is 1210. The second-order valence-electron chi connectivity index (χ2n) is 10.1. The van der Waals surface area contributed by atoms with E-state index >= 15 is 0 Å². The quantitative estimate of drug-likeness (QED) is 0.168. The van der Waals surface area contributed by atoms with Crippen molar-refractivity contribution in [3.05, 3.63) is 46.0 Å². The molecule has 0 saturated carbocycles. The molecule has 10 nitrogen and oxygen atoms in total. The lowest BCUT2D eigenvalue weighted by Gasteiger charge is -2.35. The predicted molar refractivity (Wildman–Crippen MR) is 154 cm³/mol. The summed E-state index contributed by atoms with van der Waals surface area (Å²) in [5.41, 5.74) is -0.384. The summed E-state index contributed by atoms with van der Waals surface area (Å²) in [5.74, 6) is 2.76. The minimum Gasteiger partial charge on any atom is -0.490 e. The number of para-hydroxylation sites is 2. The van der Waals surface area contributed by atoms with Crippen molar-refractivity contribution in [1.29, 1.82) is 5.26 Å². The molecule has 0 fully saturated rings. The van der Waals surface area contributed by atoms with Crippen molar-refractivity contribution in [3.8, 4) is 40.6 Å². The molecular formula is C31H42N2O8. The molecule has 0 bridgehead atoms. The average Bonchev–Trinajstić information content (AvgIpc) is 2.98. The fourth-order valence-corrected chi connectivity index (χ4v) is 5.49. The van der Waals surface area contributed by atoms with Crippen molar-refractivity contribution < 1.29 is 33.3 Å². The molecule has 2 aromatic rings. The van der Waals surface area contributed by atoms with Crippen LogP contribution in [-0.4, -0.2) is 51.1 Å². The van der Waals surface area contributed by atoms with E-state index in [4.69, 9.17) is 28.4 Å². The van der Waals surface area contributed by atoms with Gasteiger partial charge in [0, 0.05) is 16.9 Å². The number of nitro groups is 1. The number of hydrogen-bond acceptors (Lipinski definition) is 9. The van der Waals surface area contributed by atoms with Gasteiger partial charge in [-0.25, -0.2) is 0 Å². The van der Waals surface area contributed by atoms with Crippen molar-refractivity contribution in [3.63, 3.8) is 0 Å². The Morgan fingerprint density at radius 2 is 1.78 bits per heavy atom. The van der Waals surface area contributed by atoms with E-state index in [2.05, 4.69) is 6.07 Å². The van der Waals surface area contributed by atoms with Crippen molar-refractivity contribution in [2.75, 3.05) is 34.0 Å². The average molecular weight is 571 g/mol. The molecule has 1 aliphatic rings. The molecule has 2 aromatic carbocycles. The number of nitrogens with zero attached hydrogens (tertiary/aromatic N) is 2. The number of hydrogen-bond donors (Lipinski definition) is 0. The predicted octanol–water partition coefficient (Wildman–Crippen LogP) is 6.35. The second-order valence-corrected chi connectivity index (χ2v) is 10.1. The molecule has 41 heavy (non-hydrogen) atoms. The lowest BCUT2D eigenvalue weighted by atomic mass is 9.67. The topological polar surface area (TPSA) is 122 Å². The molecule has 0 spiro atoms. The molecule has 10 heteroatoms. The van der Waals surface area contributed by atoms with Gasteiger partial charge in [-0.2, -0.15) is 5.26 Å². The van der Waals surface area contributed by atoms with Gasteiger partial charge in [0.05, 0.1) is 45.3 Å². The molecule has 4 atom stereocenters. The molecule has 3 rings (SSSR count). The molecule has 0 radical (unpaired) electrons. The number of methoxy groups -OCH3 is 2. The second kappa shape index (κ2) is 14.7. The van der Waals surface area contributed by atoms with Crippen LogP contribution in [0.4, 0.5) is 0 Å².